The van der Waals surface area contributed by atoms with Gasteiger partial charge in [0.1, 0.15) is 0 Å². The van der Waals surface area contributed by atoms with Crippen LogP contribution in [0.25, 0.3) is 0 Å². The number of benzene rings is 1. The number of fused-ring (bicyclic) bond motifs is 1. The summed E-state index contributed by atoms with van der Waals surface area (Å²) in [6, 6.07) is 4.15. The lowest BCUT2D eigenvalue weighted by Crippen LogP contribution is -2.52. The van der Waals surface area contributed by atoms with Crippen molar-refractivity contribution in [3.8, 4) is 0 Å². The van der Waals surface area contributed by atoms with E-state index in [0.29, 0.717) is 44.1 Å². The van der Waals surface area contributed by atoms with E-state index in [1.807, 2.05) is 0 Å². The zero-order valence-corrected chi connectivity index (χ0v) is 16.7. The maximum absolute atomic E-state index is 14.0. The lowest BCUT2D eigenvalue weighted by molar-refractivity contribution is -0.00810. The zero-order chi connectivity index (χ0) is 19.9. The van der Waals surface area contributed by atoms with Crippen molar-refractivity contribution >= 4 is 11.7 Å². The number of carbonyl (C=O) groups excluding carboxylic acids is 1. The average Bonchev–Trinajstić information content (AvgIpc) is 2.70. The number of hydrogen-bond acceptors (Lipinski definition) is 2. The van der Waals surface area contributed by atoms with Crippen LogP contribution in [0.4, 0.5) is 19.3 Å². The van der Waals surface area contributed by atoms with Gasteiger partial charge in [0.2, 0.25) is 0 Å². The Labute approximate surface area is 165 Å². The molecule has 2 bridgehead atoms. The molecule has 5 rings (SSSR count). The van der Waals surface area contributed by atoms with Gasteiger partial charge in [0.25, 0.3) is 0 Å². The fourth-order valence-corrected chi connectivity index (χ4v) is 5.07. The Bertz CT molecular complexity index is 784. The van der Waals surface area contributed by atoms with Crippen LogP contribution in [0.1, 0.15) is 33.1 Å². The summed E-state index contributed by atoms with van der Waals surface area (Å²) in [7, 11) is 0. The Morgan fingerprint density at radius 2 is 1.96 bits per heavy atom. The number of urea groups is 1. The minimum atomic E-state index is -0.837. The first-order valence-electron chi connectivity index (χ1n) is 10.3. The van der Waals surface area contributed by atoms with E-state index in [1.165, 1.54) is 24.5 Å². The van der Waals surface area contributed by atoms with Gasteiger partial charge >= 0.3 is 6.03 Å². The molecule has 1 aliphatic heterocycles. The number of carbonyl (C=O) groups is 1. The van der Waals surface area contributed by atoms with Gasteiger partial charge < -0.3 is 15.1 Å². The van der Waals surface area contributed by atoms with Crippen LogP contribution in [-0.4, -0.2) is 43.7 Å². The van der Waals surface area contributed by atoms with Gasteiger partial charge in [0.05, 0.1) is 5.69 Å². The van der Waals surface area contributed by atoms with Crippen molar-refractivity contribution in [2.45, 2.75) is 33.1 Å². The van der Waals surface area contributed by atoms with E-state index in [4.69, 9.17) is 0 Å². The molecule has 4 nitrogen and oxygen atoms in total. The molecule has 0 spiro atoms. The molecule has 1 N–H and O–H groups in total. The van der Waals surface area contributed by atoms with E-state index in [0.717, 1.165) is 18.4 Å². The number of amides is 2. The fraction of sp³-hybridized carbons (Fsp3) is 0.591. The van der Waals surface area contributed by atoms with Gasteiger partial charge in [-0.05, 0) is 48.6 Å². The van der Waals surface area contributed by atoms with E-state index >= 15 is 0 Å². The Balaban J connectivity index is 1.24. The Hall–Kier alpha value is -2.11. The van der Waals surface area contributed by atoms with Crippen molar-refractivity contribution in [2.24, 2.45) is 17.3 Å². The van der Waals surface area contributed by atoms with Crippen LogP contribution in [-0.2, 0) is 0 Å². The third-order valence-electron chi connectivity index (χ3n) is 7.11. The van der Waals surface area contributed by atoms with Crippen molar-refractivity contribution in [3.05, 3.63) is 41.5 Å². The predicted molar refractivity (Wildman–Crippen MR) is 106 cm³/mol. The number of halogens is 2. The van der Waals surface area contributed by atoms with E-state index in [-0.39, 0.29) is 11.7 Å². The second kappa shape index (κ2) is 7.37. The molecule has 2 amide bonds. The van der Waals surface area contributed by atoms with Gasteiger partial charge in [-0.25, -0.2) is 13.6 Å². The summed E-state index contributed by atoms with van der Waals surface area (Å²) in [4.78, 5) is 16.0. The number of hydrogen-bond donors (Lipinski definition) is 1. The molecule has 4 aliphatic rings. The first-order valence-corrected chi connectivity index (χ1v) is 10.3. The lowest BCUT2D eigenvalue weighted by atomic mass is 9.48. The number of piperazine rings is 1. The summed E-state index contributed by atoms with van der Waals surface area (Å²) >= 11 is 0. The third-order valence-corrected chi connectivity index (χ3v) is 7.11. The van der Waals surface area contributed by atoms with E-state index in [1.54, 1.807) is 15.9 Å². The summed E-state index contributed by atoms with van der Waals surface area (Å²) < 4.78 is 27.4. The second-order valence-corrected chi connectivity index (χ2v) is 8.85. The molecule has 0 radical (unpaired) electrons. The average molecular weight is 389 g/mol. The highest BCUT2D eigenvalue weighted by Crippen LogP contribution is 2.59. The molecule has 3 aliphatic carbocycles. The quantitative estimate of drug-likeness (QED) is 0.784. The van der Waals surface area contributed by atoms with E-state index in [2.05, 4.69) is 25.2 Å². The van der Waals surface area contributed by atoms with Gasteiger partial charge in [-0.2, -0.15) is 0 Å². The summed E-state index contributed by atoms with van der Waals surface area (Å²) in [5, 5.41) is 3.03. The Morgan fingerprint density at radius 3 is 2.64 bits per heavy atom. The van der Waals surface area contributed by atoms with Crippen LogP contribution in [0.5, 0.6) is 0 Å². The Kier molecular flexibility index (Phi) is 5.06. The first kappa shape index (κ1) is 19.2. The van der Waals surface area contributed by atoms with Crippen molar-refractivity contribution in [2.75, 3.05) is 37.6 Å². The molecule has 1 saturated heterocycles. The maximum Gasteiger partial charge on any atom is 0.317 e. The van der Waals surface area contributed by atoms with Gasteiger partial charge in [0.15, 0.2) is 11.6 Å². The largest absolute Gasteiger partial charge is 0.366 e. The number of rotatable bonds is 4. The van der Waals surface area contributed by atoms with Crippen LogP contribution >= 0.6 is 0 Å². The third kappa shape index (κ3) is 3.38. The second-order valence-electron chi connectivity index (χ2n) is 8.85. The minimum absolute atomic E-state index is 0.0680. The monoisotopic (exact) mass is 389 g/mol. The number of nitrogens with zero attached hydrogens (tertiary/aromatic N) is 2. The number of anilines is 1. The van der Waals surface area contributed by atoms with Gasteiger partial charge in [-0.1, -0.05) is 31.6 Å². The zero-order valence-electron chi connectivity index (χ0n) is 16.7. The van der Waals surface area contributed by atoms with Gasteiger partial charge in [-0.3, -0.25) is 0 Å². The molecule has 28 heavy (non-hydrogen) atoms. The predicted octanol–water partition coefficient (Wildman–Crippen LogP) is 4.18. The van der Waals surface area contributed by atoms with Crippen LogP contribution in [0.3, 0.4) is 0 Å². The minimum Gasteiger partial charge on any atom is -0.366 e. The molecule has 1 heterocycles. The molecule has 2 atom stereocenters. The standard InChI is InChI=1S/C22H29F2N3O/c1-22(2)16-7-6-15(17(22)14-16)8-9-25-21(28)27-12-10-26(11-13-27)19-5-3-4-18(23)20(19)24/h3-6,16-17H,7-14H2,1-2H3,(H,25,28)/t16-,17-/m0/s1. The number of nitrogens with one attached hydrogen (secondary N) is 1. The molecule has 0 unspecified atom stereocenters. The van der Waals surface area contributed by atoms with E-state index in [9.17, 15) is 13.6 Å². The molecule has 0 aromatic heterocycles. The van der Waals surface area contributed by atoms with E-state index < -0.39 is 11.6 Å². The summed E-state index contributed by atoms with van der Waals surface area (Å²) in [6.45, 7) is 7.37. The summed E-state index contributed by atoms with van der Waals surface area (Å²) in [6.07, 6.45) is 5.76. The summed E-state index contributed by atoms with van der Waals surface area (Å²) in [5.74, 6) is -0.152. The molecule has 1 saturated carbocycles. The maximum atomic E-state index is 14.0. The van der Waals surface area contributed by atoms with Crippen LogP contribution in [0, 0.1) is 28.9 Å². The highest BCUT2D eigenvalue weighted by molar-refractivity contribution is 5.74. The first-order chi connectivity index (χ1) is 13.4. The molecule has 152 valence electrons. The van der Waals surface area contributed by atoms with Crippen molar-refractivity contribution in [1.82, 2.24) is 10.2 Å². The number of allylic oxidation sites excluding steroid dienone is 1. The highest BCUT2D eigenvalue weighted by atomic mass is 19.2. The van der Waals surface area contributed by atoms with Crippen LogP contribution in [0.2, 0.25) is 0 Å². The van der Waals surface area contributed by atoms with Gasteiger partial charge in [-0.15, -0.1) is 0 Å². The van der Waals surface area contributed by atoms with Gasteiger partial charge in [0, 0.05) is 32.7 Å². The topological polar surface area (TPSA) is 35.6 Å². The van der Waals surface area contributed by atoms with Crippen molar-refractivity contribution < 1.29 is 13.6 Å². The van der Waals surface area contributed by atoms with Crippen LogP contribution < -0.4 is 10.2 Å². The molecular weight excluding hydrogens is 360 g/mol. The fourth-order valence-electron chi connectivity index (χ4n) is 5.07. The normalized spacial score (nSPS) is 25.8. The Morgan fingerprint density at radius 1 is 1.21 bits per heavy atom. The molecule has 1 aromatic rings. The van der Waals surface area contributed by atoms with Crippen LogP contribution in [0.15, 0.2) is 29.8 Å². The molecular formula is C22H29F2N3O. The van der Waals surface area contributed by atoms with Crippen molar-refractivity contribution in [3.63, 3.8) is 0 Å². The molecule has 1 aromatic carbocycles. The SMILES string of the molecule is CC1(C)[C@H]2CC=C(CCNC(=O)N3CCN(c4cccc(F)c4F)CC3)[C@@H]1C2. The lowest BCUT2D eigenvalue weighted by Gasteiger charge is -2.56. The highest BCUT2D eigenvalue weighted by Gasteiger charge is 2.50. The summed E-state index contributed by atoms with van der Waals surface area (Å²) in [5.41, 5.74) is 2.18. The molecule has 6 heteroatoms. The smallest absolute Gasteiger partial charge is 0.317 e. The van der Waals surface area contributed by atoms with Crippen molar-refractivity contribution in [1.29, 1.82) is 0 Å². The molecule has 2 fully saturated rings.